The van der Waals surface area contributed by atoms with E-state index in [1.165, 1.54) is 11.9 Å². The fourth-order valence-corrected chi connectivity index (χ4v) is 3.06. The van der Waals surface area contributed by atoms with Crippen molar-refractivity contribution in [2.24, 2.45) is 11.3 Å². The molecule has 1 fully saturated rings. The van der Waals surface area contributed by atoms with Crippen molar-refractivity contribution >= 4 is 18.5 Å². The lowest BCUT2D eigenvalue weighted by molar-refractivity contribution is -0.113. The summed E-state index contributed by atoms with van der Waals surface area (Å²) in [6.07, 6.45) is -0.614. The Balaban J connectivity index is 2.61. The summed E-state index contributed by atoms with van der Waals surface area (Å²) >= 11 is 0. The number of ether oxygens (including phenoxy) is 1. The molecule has 138 valence electrons. The lowest BCUT2D eigenvalue weighted by Gasteiger charge is -2.32. The summed E-state index contributed by atoms with van der Waals surface area (Å²) in [5, 5.41) is 0. The van der Waals surface area contributed by atoms with Gasteiger partial charge in [0, 0.05) is 20.1 Å². The van der Waals surface area contributed by atoms with Crippen LogP contribution in [0.25, 0.3) is 0 Å². The molecule has 0 radical (unpaired) electrons. The van der Waals surface area contributed by atoms with Gasteiger partial charge in [-0.2, -0.15) is 0 Å². The number of aldehydes is 1. The number of piperidine rings is 1. The van der Waals surface area contributed by atoms with Crippen LogP contribution in [0.2, 0.25) is 0 Å². The Morgan fingerprint density at radius 1 is 1.33 bits per heavy atom. The van der Waals surface area contributed by atoms with Crippen molar-refractivity contribution in [2.75, 3.05) is 20.1 Å². The molecule has 24 heavy (non-hydrogen) atoms. The first-order valence-electron chi connectivity index (χ1n) is 8.38. The van der Waals surface area contributed by atoms with Gasteiger partial charge in [0.15, 0.2) is 0 Å². The number of carbonyl (C=O) groups excluding carboxylic acids is 3. The summed E-state index contributed by atoms with van der Waals surface area (Å²) in [7, 11) is 1.45. The third kappa shape index (κ3) is 6.09. The molecule has 2 unspecified atom stereocenters. The van der Waals surface area contributed by atoms with Gasteiger partial charge in [-0.1, -0.05) is 27.7 Å². The van der Waals surface area contributed by atoms with Crippen molar-refractivity contribution in [2.45, 2.75) is 59.2 Å². The van der Waals surface area contributed by atoms with E-state index in [9.17, 15) is 18.8 Å². The molecular formula is C17H29FN2O4. The molecule has 0 aromatic carbocycles. The number of likely N-dealkylation sites (N-methyl/N-ethyl adjacent to an activating group) is 1. The zero-order valence-electron chi connectivity index (χ0n) is 15.3. The van der Waals surface area contributed by atoms with E-state index < -0.39 is 24.4 Å². The van der Waals surface area contributed by atoms with E-state index >= 15 is 0 Å². The second-order valence-electron chi connectivity index (χ2n) is 7.78. The quantitative estimate of drug-likeness (QED) is 0.580. The van der Waals surface area contributed by atoms with Crippen molar-refractivity contribution in [1.29, 1.82) is 0 Å². The van der Waals surface area contributed by atoms with Crippen LogP contribution in [0, 0.1) is 11.3 Å². The minimum absolute atomic E-state index is 0.0119. The SMILES string of the molecule is CC(CC(C)(C)C)C(C=O)N(C)C(=O)OC(=O)N1CCC(F)CC1. The van der Waals surface area contributed by atoms with Gasteiger partial charge in [0.05, 0.1) is 6.04 Å². The lowest BCUT2D eigenvalue weighted by Crippen LogP contribution is -2.46. The van der Waals surface area contributed by atoms with Gasteiger partial charge in [-0.15, -0.1) is 0 Å². The van der Waals surface area contributed by atoms with E-state index in [4.69, 9.17) is 4.74 Å². The van der Waals surface area contributed by atoms with Crippen LogP contribution in [0.15, 0.2) is 0 Å². The number of likely N-dealkylation sites (tertiary alicyclic amines) is 1. The largest absolute Gasteiger partial charge is 0.419 e. The van der Waals surface area contributed by atoms with Crippen LogP contribution in [0.5, 0.6) is 0 Å². The molecule has 1 aliphatic heterocycles. The molecule has 0 aromatic heterocycles. The van der Waals surface area contributed by atoms with E-state index in [1.54, 1.807) is 0 Å². The third-order valence-corrected chi connectivity index (χ3v) is 4.25. The Bertz CT molecular complexity index is 456. The summed E-state index contributed by atoms with van der Waals surface area (Å²) in [5.74, 6) is -0.0718. The maximum atomic E-state index is 13.1. The maximum Gasteiger partial charge on any atom is 0.419 e. The van der Waals surface area contributed by atoms with Crippen LogP contribution < -0.4 is 0 Å². The number of nitrogens with zero attached hydrogens (tertiary/aromatic N) is 2. The van der Waals surface area contributed by atoms with Crippen LogP contribution in [0.1, 0.15) is 47.0 Å². The fraction of sp³-hybridized carbons (Fsp3) is 0.824. The Morgan fingerprint density at radius 3 is 2.33 bits per heavy atom. The van der Waals surface area contributed by atoms with Crippen molar-refractivity contribution < 1.29 is 23.5 Å². The smallest absolute Gasteiger partial charge is 0.359 e. The summed E-state index contributed by atoms with van der Waals surface area (Å²) in [6.45, 7) is 8.52. The summed E-state index contributed by atoms with van der Waals surface area (Å²) in [5.41, 5.74) is 0.0119. The van der Waals surface area contributed by atoms with Gasteiger partial charge in [0.1, 0.15) is 12.5 Å². The topological polar surface area (TPSA) is 66.9 Å². The van der Waals surface area contributed by atoms with Gasteiger partial charge in [0.25, 0.3) is 0 Å². The maximum absolute atomic E-state index is 13.1. The molecule has 1 aliphatic rings. The van der Waals surface area contributed by atoms with Gasteiger partial charge in [-0.05, 0) is 30.6 Å². The first-order chi connectivity index (χ1) is 11.0. The molecular weight excluding hydrogens is 315 g/mol. The standard InChI is InChI=1S/C17H29FN2O4/c1-12(10-17(2,3)4)14(11-21)19(5)15(22)24-16(23)20-8-6-13(18)7-9-20/h11-14H,6-10H2,1-5H3. The number of rotatable bonds is 4. The van der Waals surface area contributed by atoms with E-state index in [1.807, 2.05) is 6.92 Å². The predicted molar refractivity (Wildman–Crippen MR) is 88.4 cm³/mol. The van der Waals surface area contributed by atoms with Gasteiger partial charge in [0.2, 0.25) is 0 Å². The van der Waals surface area contributed by atoms with Crippen LogP contribution >= 0.6 is 0 Å². The van der Waals surface area contributed by atoms with Gasteiger partial charge >= 0.3 is 12.2 Å². The van der Waals surface area contributed by atoms with Crippen LogP contribution in [-0.4, -0.2) is 60.6 Å². The highest BCUT2D eigenvalue weighted by Gasteiger charge is 2.32. The lowest BCUT2D eigenvalue weighted by atomic mass is 9.82. The predicted octanol–water partition coefficient (Wildman–Crippen LogP) is 3.25. The van der Waals surface area contributed by atoms with E-state index in [0.29, 0.717) is 6.29 Å². The Kier molecular flexibility index (Phi) is 7.17. The third-order valence-electron chi connectivity index (χ3n) is 4.25. The van der Waals surface area contributed by atoms with Gasteiger partial charge < -0.3 is 19.3 Å². The highest BCUT2D eigenvalue weighted by Crippen LogP contribution is 2.27. The normalized spacial score (nSPS) is 18.7. The zero-order valence-corrected chi connectivity index (χ0v) is 15.3. The van der Waals surface area contributed by atoms with E-state index in [0.717, 1.165) is 11.3 Å². The highest BCUT2D eigenvalue weighted by atomic mass is 19.1. The molecule has 2 amide bonds. The number of carbonyl (C=O) groups is 3. The summed E-state index contributed by atoms with van der Waals surface area (Å²) < 4.78 is 17.9. The number of amides is 2. The molecule has 7 heteroatoms. The Morgan fingerprint density at radius 2 is 1.88 bits per heavy atom. The minimum atomic E-state index is -0.912. The molecule has 0 aromatic rings. The molecule has 0 N–H and O–H groups in total. The molecule has 0 bridgehead atoms. The second-order valence-corrected chi connectivity index (χ2v) is 7.78. The number of alkyl halides is 1. The molecule has 2 atom stereocenters. The summed E-state index contributed by atoms with van der Waals surface area (Å²) in [6, 6.07) is -0.666. The first kappa shape index (κ1) is 20.4. The number of hydrogen-bond donors (Lipinski definition) is 0. The molecule has 0 aliphatic carbocycles. The molecule has 1 rings (SSSR count). The van der Waals surface area contributed by atoms with E-state index in [2.05, 4.69) is 20.8 Å². The molecule has 6 nitrogen and oxygen atoms in total. The molecule has 0 saturated carbocycles. The van der Waals surface area contributed by atoms with Gasteiger partial charge in [-0.25, -0.2) is 14.0 Å². The average molecular weight is 344 g/mol. The molecule has 0 spiro atoms. The first-order valence-corrected chi connectivity index (χ1v) is 8.38. The van der Waals surface area contributed by atoms with Crippen LogP contribution in [0.4, 0.5) is 14.0 Å². The number of hydrogen-bond acceptors (Lipinski definition) is 4. The van der Waals surface area contributed by atoms with Crippen molar-refractivity contribution in [3.63, 3.8) is 0 Å². The Hall–Kier alpha value is -1.66. The fourth-order valence-electron chi connectivity index (χ4n) is 3.06. The van der Waals surface area contributed by atoms with E-state index in [-0.39, 0.29) is 37.3 Å². The van der Waals surface area contributed by atoms with Crippen molar-refractivity contribution in [3.8, 4) is 0 Å². The van der Waals surface area contributed by atoms with Gasteiger partial charge in [-0.3, -0.25) is 0 Å². The highest BCUT2D eigenvalue weighted by molar-refractivity contribution is 5.85. The van der Waals surface area contributed by atoms with Crippen LogP contribution in [-0.2, 0) is 9.53 Å². The summed E-state index contributed by atoms with van der Waals surface area (Å²) in [4.78, 5) is 38.0. The van der Waals surface area contributed by atoms with Crippen molar-refractivity contribution in [1.82, 2.24) is 9.80 Å². The van der Waals surface area contributed by atoms with Crippen LogP contribution in [0.3, 0.4) is 0 Å². The second kappa shape index (κ2) is 8.44. The molecule has 1 saturated heterocycles. The van der Waals surface area contributed by atoms with Crippen molar-refractivity contribution in [3.05, 3.63) is 0 Å². The molecule has 1 heterocycles. The number of halogens is 1. The average Bonchev–Trinajstić information content (AvgIpc) is 2.46. The minimum Gasteiger partial charge on any atom is -0.359 e. The Labute approximate surface area is 143 Å². The monoisotopic (exact) mass is 344 g/mol. The zero-order chi connectivity index (χ0) is 18.5.